The first-order chi connectivity index (χ1) is 12.1. The zero-order chi connectivity index (χ0) is 19.4. The number of aromatic nitrogens is 1. The van der Waals surface area contributed by atoms with E-state index in [9.17, 15) is 26.0 Å². The molecule has 0 bridgehead atoms. The van der Waals surface area contributed by atoms with Gasteiger partial charge < -0.3 is 9.47 Å². The second-order valence-corrected chi connectivity index (χ2v) is 6.76. The van der Waals surface area contributed by atoms with Gasteiger partial charge in [0.2, 0.25) is 15.9 Å². The van der Waals surface area contributed by atoms with Crippen LogP contribution < -0.4 is 14.2 Å². The van der Waals surface area contributed by atoms with Crippen molar-refractivity contribution in [3.8, 4) is 11.6 Å². The van der Waals surface area contributed by atoms with Gasteiger partial charge in [-0.3, -0.25) is 0 Å². The van der Waals surface area contributed by atoms with Crippen molar-refractivity contribution >= 4 is 10.0 Å². The Hall–Kier alpha value is -2.40. The maximum absolute atomic E-state index is 13.7. The number of halogens is 4. The smallest absolute Gasteiger partial charge is 0.422 e. The van der Waals surface area contributed by atoms with Crippen molar-refractivity contribution in [1.82, 2.24) is 9.71 Å². The Balaban J connectivity index is 2.14. The van der Waals surface area contributed by atoms with Crippen LogP contribution in [-0.4, -0.2) is 33.3 Å². The average molecular weight is 394 g/mol. The highest BCUT2D eigenvalue weighted by Crippen LogP contribution is 2.22. The maximum atomic E-state index is 13.7. The number of alkyl halides is 3. The summed E-state index contributed by atoms with van der Waals surface area (Å²) in [7, 11) is -2.89. The Bertz CT molecular complexity index is 872. The van der Waals surface area contributed by atoms with E-state index in [1.165, 1.54) is 25.4 Å². The first-order valence-corrected chi connectivity index (χ1v) is 8.57. The Morgan fingerprint density at radius 1 is 1.23 bits per heavy atom. The average Bonchev–Trinajstić information content (AvgIpc) is 2.58. The van der Waals surface area contributed by atoms with Crippen LogP contribution in [0.15, 0.2) is 41.4 Å². The van der Waals surface area contributed by atoms with Crippen molar-refractivity contribution in [1.29, 1.82) is 0 Å². The molecule has 0 unspecified atom stereocenters. The minimum absolute atomic E-state index is 0.0920. The highest BCUT2D eigenvalue weighted by atomic mass is 32.2. The summed E-state index contributed by atoms with van der Waals surface area (Å²) in [4.78, 5) is 3.29. The fourth-order valence-corrected chi connectivity index (χ4v) is 2.93. The van der Waals surface area contributed by atoms with Gasteiger partial charge in [0.1, 0.15) is 0 Å². The van der Waals surface area contributed by atoms with Crippen molar-refractivity contribution in [3.05, 3.63) is 47.9 Å². The van der Waals surface area contributed by atoms with Crippen LogP contribution in [0.2, 0.25) is 0 Å². The van der Waals surface area contributed by atoms with Crippen molar-refractivity contribution in [3.63, 3.8) is 0 Å². The second-order valence-electron chi connectivity index (χ2n) is 4.99. The predicted octanol–water partition coefficient (Wildman–Crippen LogP) is 2.65. The number of benzene rings is 1. The second kappa shape index (κ2) is 7.87. The van der Waals surface area contributed by atoms with Crippen molar-refractivity contribution in [2.75, 3.05) is 13.7 Å². The number of nitrogens with zero attached hydrogens (tertiary/aromatic N) is 1. The summed E-state index contributed by atoms with van der Waals surface area (Å²) in [6.45, 7) is -1.95. The number of methoxy groups -OCH3 is 1. The van der Waals surface area contributed by atoms with E-state index in [1.807, 2.05) is 0 Å². The summed E-state index contributed by atoms with van der Waals surface area (Å²) < 4.78 is 86.3. The quantitative estimate of drug-likeness (QED) is 0.731. The zero-order valence-corrected chi connectivity index (χ0v) is 14.2. The van der Waals surface area contributed by atoms with Crippen LogP contribution in [0.4, 0.5) is 17.6 Å². The van der Waals surface area contributed by atoms with Gasteiger partial charge in [0, 0.05) is 18.3 Å². The Kier molecular flexibility index (Phi) is 6.03. The van der Waals surface area contributed by atoms with Gasteiger partial charge in [-0.05, 0) is 24.3 Å². The lowest BCUT2D eigenvalue weighted by molar-refractivity contribution is -0.154. The van der Waals surface area contributed by atoms with Crippen LogP contribution in [-0.2, 0) is 16.6 Å². The van der Waals surface area contributed by atoms with Gasteiger partial charge in [0.25, 0.3) is 0 Å². The number of rotatable bonds is 7. The molecule has 0 saturated carbocycles. The van der Waals surface area contributed by atoms with Crippen LogP contribution in [0.1, 0.15) is 5.56 Å². The fourth-order valence-electron chi connectivity index (χ4n) is 1.91. The molecule has 0 aliphatic carbocycles. The predicted molar refractivity (Wildman–Crippen MR) is 82.8 cm³/mol. The van der Waals surface area contributed by atoms with E-state index in [0.29, 0.717) is 0 Å². The summed E-state index contributed by atoms with van der Waals surface area (Å²) in [5.74, 6) is -1.35. The van der Waals surface area contributed by atoms with Gasteiger partial charge in [-0.2, -0.15) is 13.2 Å². The molecule has 0 aliphatic heterocycles. The monoisotopic (exact) mass is 394 g/mol. The first kappa shape index (κ1) is 19.9. The summed E-state index contributed by atoms with van der Waals surface area (Å²) in [6, 6.07) is 5.82. The zero-order valence-electron chi connectivity index (χ0n) is 13.4. The van der Waals surface area contributed by atoms with Crippen LogP contribution in [0, 0.1) is 5.82 Å². The molecule has 0 saturated heterocycles. The molecule has 1 aromatic carbocycles. The number of pyridine rings is 1. The van der Waals surface area contributed by atoms with E-state index in [4.69, 9.17) is 4.74 Å². The van der Waals surface area contributed by atoms with Gasteiger partial charge in [-0.15, -0.1) is 0 Å². The third-order valence-electron chi connectivity index (χ3n) is 3.11. The molecule has 2 rings (SSSR count). The Labute approximate surface area is 146 Å². The molecule has 0 aliphatic rings. The molecule has 6 nitrogen and oxygen atoms in total. The molecule has 0 fully saturated rings. The SMILES string of the molecule is COc1ccc(S(=O)(=O)NCc2cccnc2OCC(F)(F)F)cc1F. The van der Waals surface area contributed by atoms with Crippen molar-refractivity contribution in [2.24, 2.45) is 0 Å². The third-order valence-corrected chi connectivity index (χ3v) is 4.51. The molecule has 0 amide bonds. The molecule has 0 radical (unpaired) electrons. The van der Waals surface area contributed by atoms with Crippen molar-refractivity contribution in [2.45, 2.75) is 17.6 Å². The molecule has 2 aromatic rings. The number of hydrogen-bond acceptors (Lipinski definition) is 5. The summed E-state index contributed by atoms with van der Waals surface area (Å²) in [5.41, 5.74) is 0.0920. The van der Waals surface area contributed by atoms with E-state index in [0.717, 1.165) is 18.2 Å². The third kappa shape index (κ3) is 5.30. The van der Waals surface area contributed by atoms with Gasteiger partial charge in [0.05, 0.1) is 12.0 Å². The standard InChI is InChI=1S/C15H14F4N2O4S/c1-24-13-5-4-11(7-12(13)16)26(22,23)21-8-10-3-2-6-20-14(10)25-9-15(17,18)19/h2-7,21H,8-9H2,1H3. The Morgan fingerprint density at radius 3 is 2.58 bits per heavy atom. The van der Waals surface area contributed by atoms with Crippen LogP contribution in [0.3, 0.4) is 0 Å². The topological polar surface area (TPSA) is 77.5 Å². The summed E-state index contributed by atoms with van der Waals surface area (Å²) in [5, 5.41) is 0. The molecule has 0 atom stereocenters. The Morgan fingerprint density at radius 2 is 1.96 bits per heavy atom. The van der Waals surface area contributed by atoms with Crippen LogP contribution in [0.25, 0.3) is 0 Å². The van der Waals surface area contributed by atoms with Crippen LogP contribution >= 0.6 is 0 Å². The number of sulfonamides is 1. The number of ether oxygens (including phenoxy) is 2. The molecule has 0 spiro atoms. The van der Waals surface area contributed by atoms with Gasteiger partial charge in [-0.25, -0.2) is 22.5 Å². The van der Waals surface area contributed by atoms with E-state index in [2.05, 4.69) is 14.4 Å². The molecule has 26 heavy (non-hydrogen) atoms. The number of hydrogen-bond donors (Lipinski definition) is 1. The highest BCUT2D eigenvalue weighted by molar-refractivity contribution is 7.89. The normalized spacial score (nSPS) is 12.0. The summed E-state index contributed by atoms with van der Waals surface area (Å²) >= 11 is 0. The lowest BCUT2D eigenvalue weighted by atomic mass is 10.3. The minimum atomic E-state index is -4.56. The maximum Gasteiger partial charge on any atom is 0.422 e. The van der Waals surface area contributed by atoms with Crippen LogP contribution in [0.5, 0.6) is 11.6 Å². The minimum Gasteiger partial charge on any atom is -0.494 e. The van der Waals surface area contributed by atoms with Crippen molar-refractivity contribution < 1.29 is 35.5 Å². The number of nitrogens with one attached hydrogen (secondary N) is 1. The van der Waals surface area contributed by atoms with Gasteiger partial charge >= 0.3 is 6.18 Å². The fraction of sp³-hybridized carbons (Fsp3) is 0.267. The highest BCUT2D eigenvalue weighted by Gasteiger charge is 2.29. The molecule has 142 valence electrons. The largest absolute Gasteiger partial charge is 0.494 e. The molecule has 11 heteroatoms. The van der Waals surface area contributed by atoms with E-state index in [-0.39, 0.29) is 22.1 Å². The molecular formula is C15H14F4N2O4S. The molecular weight excluding hydrogens is 380 g/mol. The molecule has 1 aromatic heterocycles. The molecule has 1 N–H and O–H groups in total. The lowest BCUT2D eigenvalue weighted by Crippen LogP contribution is -2.25. The van der Waals surface area contributed by atoms with Gasteiger partial charge in [0.15, 0.2) is 18.2 Å². The van der Waals surface area contributed by atoms with E-state index >= 15 is 0 Å². The van der Waals surface area contributed by atoms with E-state index < -0.39 is 35.2 Å². The van der Waals surface area contributed by atoms with Gasteiger partial charge in [-0.1, -0.05) is 6.07 Å². The lowest BCUT2D eigenvalue weighted by Gasteiger charge is -2.13. The molecule has 1 heterocycles. The first-order valence-electron chi connectivity index (χ1n) is 7.09. The summed E-state index contributed by atoms with van der Waals surface area (Å²) in [6.07, 6.45) is -3.35. The van der Waals surface area contributed by atoms with E-state index in [1.54, 1.807) is 0 Å².